The molecule has 0 aromatic rings. The van der Waals surface area contributed by atoms with Crippen LogP contribution in [-0.2, 0) is 4.79 Å². The summed E-state index contributed by atoms with van der Waals surface area (Å²) in [7, 11) is 1.75. The Labute approximate surface area is 115 Å². The van der Waals surface area contributed by atoms with Crippen LogP contribution in [0.1, 0.15) is 32.6 Å². The van der Waals surface area contributed by atoms with Crippen LogP contribution in [0.5, 0.6) is 0 Å². The molecule has 5 nitrogen and oxygen atoms in total. The van der Waals surface area contributed by atoms with E-state index in [2.05, 4.69) is 4.90 Å². The summed E-state index contributed by atoms with van der Waals surface area (Å²) in [6, 6.07) is 2.05. The van der Waals surface area contributed by atoms with Gasteiger partial charge in [0.15, 0.2) is 0 Å². The second-order valence-electron chi connectivity index (χ2n) is 5.39. The highest BCUT2D eigenvalue weighted by atomic mass is 16.3. The maximum atomic E-state index is 11.8. The molecule has 5 heteroatoms. The van der Waals surface area contributed by atoms with Gasteiger partial charge in [-0.2, -0.15) is 5.26 Å². The molecule has 1 unspecified atom stereocenters. The minimum absolute atomic E-state index is 0.105. The highest BCUT2D eigenvalue weighted by Crippen LogP contribution is 2.20. The number of nitrogens with zero attached hydrogens (tertiary/aromatic N) is 3. The van der Waals surface area contributed by atoms with Crippen molar-refractivity contribution in [3.05, 3.63) is 0 Å². The van der Waals surface area contributed by atoms with Gasteiger partial charge in [-0.15, -0.1) is 0 Å². The summed E-state index contributed by atoms with van der Waals surface area (Å²) in [6.07, 6.45) is 2.70. The third kappa shape index (κ3) is 5.58. The molecule has 1 N–H and O–H groups in total. The van der Waals surface area contributed by atoms with Crippen molar-refractivity contribution in [3.8, 4) is 6.07 Å². The molecule has 0 bridgehead atoms. The van der Waals surface area contributed by atoms with Crippen LogP contribution in [0.4, 0.5) is 0 Å². The van der Waals surface area contributed by atoms with E-state index in [9.17, 15) is 9.90 Å². The monoisotopic (exact) mass is 267 g/mol. The summed E-state index contributed by atoms with van der Waals surface area (Å²) in [5.41, 5.74) is 0. The molecule has 1 rings (SSSR count). The molecule has 1 aliphatic rings. The normalized spacial score (nSPS) is 18.8. The summed E-state index contributed by atoms with van der Waals surface area (Å²) in [5.74, 6) is 0.512. The quantitative estimate of drug-likeness (QED) is 0.774. The van der Waals surface area contributed by atoms with Crippen molar-refractivity contribution in [3.63, 3.8) is 0 Å². The molecule has 0 saturated carbocycles. The van der Waals surface area contributed by atoms with Crippen molar-refractivity contribution in [1.29, 1.82) is 5.26 Å². The fourth-order valence-corrected chi connectivity index (χ4v) is 2.45. The number of nitriles is 1. The Hall–Kier alpha value is -1.12. The van der Waals surface area contributed by atoms with E-state index >= 15 is 0 Å². The number of aliphatic hydroxyl groups is 1. The van der Waals surface area contributed by atoms with Gasteiger partial charge in [0.2, 0.25) is 5.91 Å². The second-order valence-corrected chi connectivity index (χ2v) is 5.39. The van der Waals surface area contributed by atoms with Gasteiger partial charge in [0.25, 0.3) is 0 Å². The maximum Gasteiger partial charge on any atom is 0.223 e. The number of hydrogen-bond acceptors (Lipinski definition) is 4. The van der Waals surface area contributed by atoms with Gasteiger partial charge in [0, 0.05) is 26.6 Å². The summed E-state index contributed by atoms with van der Waals surface area (Å²) < 4.78 is 0. The Morgan fingerprint density at radius 1 is 1.53 bits per heavy atom. The Morgan fingerprint density at radius 3 is 2.68 bits per heavy atom. The van der Waals surface area contributed by atoms with Crippen LogP contribution in [0.2, 0.25) is 0 Å². The molecule has 0 spiro atoms. The summed E-state index contributed by atoms with van der Waals surface area (Å²) in [4.78, 5) is 15.7. The number of carbonyl (C=O) groups is 1. The minimum atomic E-state index is -0.221. The van der Waals surface area contributed by atoms with Gasteiger partial charge in [-0.05, 0) is 38.8 Å². The number of hydrogen-bond donors (Lipinski definition) is 1. The molecule has 0 aliphatic carbocycles. The fourth-order valence-electron chi connectivity index (χ4n) is 2.45. The predicted octanol–water partition coefficient (Wildman–Crippen LogP) is 0.841. The van der Waals surface area contributed by atoms with Crippen LogP contribution in [-0.4, -0.2) is 60.1 Å². The number of piperidine rings is 1. The van der Waals surface area contributed by atoms with Crippen LogP contribution in [0.25, 0.3) is 0 Å². The van der Waals surface area contributed by atoms with Crippen LogP contribution in [0, 0.1) is 17.2 Å². The Bertz CT molecular complexity index is 317. The molecule has 1 amide bonds. The van der Waals surface area contributed by atoms with Gasteiger partial charge < -0.3 is 14.9 Å². The lowest BCUT2D eigenvalue weighted by Crippen LogP contribution is -2.39. The average molecular weight is 267 g/mol. The standard InChI is InChI=1S/C14H25N3O2/c1-12(18)13-4-9-17(10-5-13)11-6-14(19)16(2)8-3-7-15/h12-13,18H,3-6,8-11H2,1-2H3. The molecular weight excluding hydrogens is 242 g/mol. The minimum Gasteiger partial charge on any atom is -0.393 e. The van der Waals surface area contributed by atoms with Crippen molar-refractivity contribution >= 4 is 5.91 Å². The van der Waals surface area contributed by atoms with Crippen molar-refractivity contribution in [2.24, 2.45) is 5.92 Å². The maximum absolute atomic E-state index is 11.8. The fraction of sp³-hybridized carbons (Fsp3) is 0.857. The molecule has 1 saturated heterocycles. The molecule has 1 fully saturated rings. The van der Waals surface area contributed by atoms with Crippen LogP contribution in [0.15, 0.2) is 0 Å². The molecule has 1 aliphatic heterocycles. The van der Waals surface area contributed by atoms with Crippen LogP contribution in [0.3, 0.4) is 0 Å². The predicted molar refractivity (Wildman–Crippen MR) is 73.3 cm³/mol. The van der Waals surface area contributed by atoms with Crippen molar-refractivity contribution in [1.82, 2.24) is 9.80 Å². The Balaban J connectivity index is 2.20. The number of amides is 1. The van der Waals surface area contributed by atoms with Gasteiger partial charge >= 0.3 is 0 Å². The summed E-state index contributed by atoms with van der Waals surface area (Å²) in [5, 5.41) is 18.0. The molecule has 0 radical (unpaired) electrons. The van der Waals surface area contributed by atoms with E-state index in [1.54, 1.807) is 11.9 Å². The van der Waals surface area contributed by atoms with Crippen molar-refractivity contribution < 1.29 is 9.90 Å². The largest absolute Gasteiger partial charge is 0.393 e. The number of likely N-dealkylation sites (tertiary alicyclic amines) is 1. The third-order valence-corrected chi connectivity index (χ3v) is 3.94. The lowest BCUT2D eigenvalue weighted by molar-refractivity contribution is -0.130. The lowest BCUT2D eigenvalue weighted by Gasteiger charge is -2.33. The zero-order chi connectivity index (χ0) is 14.3. The van der Waals surface area contributed by atoms with Crippen LogP contribution >= 0.6 is 0 Å². The van der Waals surface area contributed by atoms with Gasteiger partial charge in [0.05, 0.1) is 18.6 Å². The van der Waals surface area contributed by atoms with E-state index in [4.69, 9.17) is 5.26 Å². The zero-order valence-electron chi connectivity index (χ0n) is 12.0. The first-order valence-electron chi connectivity index (χ1n) is 7.06. The van der Waals surface area contributed by atoms with Crippen LogP contribution < -0.4 is 0 Å². The van der Waals surface area contributed by atoms with Gasteiger partial charge in [0.1, 0.15) is 0 Å². The SMILES string of the molecule is CC(O)C1CCN(CCC(=O)N(C)CCC#N)CC1. The molecule has 0 aromatic heterocycles. The molecular formula is C14H25N3O2. The van der Waals surface area contributed by atoms with E-state index in [0.29, 0.717) is 25.3 Å². The first-order chi connectivity index (χ1) is 9.04. The first-order valence-corrected chi connectivity index (χ1v) is 7.06. The van der Waals surface area contributed by atoms with Gasteiger partial charge in [-0.1, -0.05) is 0 Å². The number of carbonyl (C=O) groups excluding carboxylic acids is 1. The molecule has 1 heterocycles. The first kappa shape index (κ1) is 15.9. The van der Waals surface area contributed by atoms with Crippen molar-refractivity contribution in [2.45, 2.75) is 38.7 Å². The van der Waals surface area contributed by atoms with E-state index in [0.717, 1.165) is 32.5 Å². The number of rotatable bonds is 6. The molecule has 0 aromatic carbocycles. The van der Waals surface area contributed by atoms with Crippen molar-refractivity contribution in [2.75, 3.05) is 33.2 Å². The molecule has 1 atom stereocenters. The van der Waals surface area contributed by atoms with Gasteiger partial charge in [-0.25, -0.2) is 0 Å². The third-order valence-electron chi connectivity index (χ3n) is 3.94. The van der Waals surface area contributed by atoms with E-state index in [-0.39, 0.29) is 12.0 Å². The topological polar surface area (TPSA) is 67.6 Å². The summed E-state index contributed by atoms with van der Waals surface area (Å²) >= 11 is 0. The highest BCUT2D eigenvalue weighted by molar-refractivity contribution is 5.76. The Kier molecular flexibility index (Phi) is 6.82. The zero-order valence-corrected chi connectivity index (χ0v) is 12.0. The van der Waals surface area contributed by atoms with E-state index in [1.165, 1.54) is 0 Å². The highest BCUT2D eigenvalue weighted by Gasteiger charge is 2.22. The smallest absolute Gasteiger partial charge is 0.223 e. The average Bonchev–Trinajstić information content (AvgIpc) is 2.42. The molecule has 19 heavy (non-hydrogen) atoms. The van der Waals surface area contributed by atoms with Gasteiger partial charge in [-0.3, -0.25) is 4.79 Å². The Morgan fingerprint density at radius 2 is 2.16 bits per heavy atom. The molecule has 108 valence electrons. The summed E-state index contributed by atoms with van der Waals surface area (Å²) in [6.45, 7) is 5.07. The van der Waals surface area contributed by atoms with E-state index in [1.807, 2.05) is 13.0 Å². The van der Waals surface area contributed by atoms with E-state index < -0.39 is 0 Å². The second kappa shape index (κ2) is 8.13. The number of aliphatic hydroxyl groups excluding tert-OH is 1. The lowest BCUT2D eigenvalue weighted by atomic mass is 9.92.